The third-order valence-corrected chi connectivity index (χ3v) is 39.7. The zero-order valence-corrected chi connectivity index (χ0v) is 20.0. The number of hydrogen-bond donors (Lipinski definition) is 0. The molecule has 0 bridgehead atoms. The van der Waals surface area contributed by atoms with E-state index in [1.54, 1.807) is 0 Å². The van der Waals surface area contributed by atoms with Gasteiger partial charge in [-0.2, -0.15) is 0 Å². The fourth-order valence-corrected chi connectivity index (χ4v) is 40.1. The molecule has 0 aliphatic rings. The second-order valence-corrected chi connectivity index (χ2v) is 28.8. The molecule has 0 unspecified atom stereocenters. The molecule has 4 heteroatoms. The second kappa shape index (κ2) is 8.18. The molecule has 18 heavy (non-hydrogen) atoms. The largest absolute Gasteiger partial charge is 1.00 e. The van der Waals surface area contributed by atoms with Crippen LogP contribution in [0, 0.1) is 0 Å². The maximum Gasteiger partial charge on any atom is 1.00 e. The van der Waals surface area contributed by atoms with Gasteiger partial charge in [0.05, 0.1) is 0 Å². The van der Waals surface area contributed by atoms with Crippen LogP contribution in [0.1, 0.15) is 55.4 Å². The van der Waals surface area contributed by atoms with Crippen LogP contribution in [-0.2, 0) is 0 Å². The first-order valence-corrected chi connectivity index (χ1v) is 16.3. The van der Waals surface area contributed by atoms with Gasteiger partial charge in [-0.05, 0) is 0 Å². The Morgan fingerprint density at radius 2 is 0.722 bits per heavy atom. The summed E-state index contributed by atoms with van der Waals surface area (Å²) in [6.45, 7) is 25.4. The summed E-state index contributed by atoms with van der Waals surface area (Å²) in [5, 5.41) is 0. The average Bonchev–Trinajstić information content (AvgIpc) is 2.15. The maximum atomic E-state index is 2.70. The van der Waals surface area contributed by atoms with E-state index in [2.05, 4.69) is 68.5 Å². The zero-order valence-electron chi connectivity index (χ0n) is 14.9. The summed E-state index contributed by atoms with van der Waals surface area (Å²) in [6.07, 6.45) is 0. The van der Waals surface area contributed by atoms with E-state index in [9.17, 15) is 0 Å². The van der Waals surface area contributed by atoms with Crippen molar-refractivity contribution in [2.75, 3.05) is 0 Å². The van der Waals surface area contributed by atoms with Crippen molar-refractivity contribution in [1.82, 2.24) is 0 Å². The smallest absolute Gasteiger partial charge is 0.270 e. The molecule has 0 amide bonds. The second-order valence-electron chi connectivity index (χ2n) is 7.50. The minimum absolute atomic E-state index is 0. The van der Waals surface area contributed by atoms with E-state index in [4.69, 9.17) is 0 Å². The fraction of sp³-hybridized carbons (Fsp3) is 1.00. The third kappa shape index (κ3) is 4.88. The van der Waals surface area contributed by atoms with Crippen LogP contribution >= 0.6 is 0 Å². The first kappa shape index (κ1) is 21.9. The molecule has 104 valence electrons. The van der Waals surface area contributed by atoms with Crippen molar-refractivity contribution in [2.45, 2.75) is 90.6 Å². The van der Waals surface area contributed by atoms with Crippen molar-refractivity contribution in [3.05, 3.63) is 0 Å². The van der Waals surface area contributed by atoms with Gasteiger partial charge in [0.1, 0.15) is 0 Å². The number of rotatable bonds is 6. The number of hydrogen-bond acceptors (Lipinski definition) is 0. The van der Waals surface area contributed by atoms with Crippen LogP contribution in [0.4, 0.5) is 0 Å². The van der Waals surface area contributed by atoms with Gasteiger partial charge in [-0.15, -0.1) is 0 Å². The molecule has 0 N–H and O–H groups in total. The van der Waals surface area contributed by atoms with E-state index >= 15 is 0 Å². The SMILES string of the molecule is CC(C)[Si](C)([SiH-][Si](C)(C(C)C)C(C)C)C(C)C.[Na+]. The summed E-state index contributed by atoms with van der Waals surface area (Å²) >= 11 is 0. The standard InChI is InChI=1S/C14H35Si3.Na/c1-11(2)16(9,12(3)4)15-17(10,13(5)6)14(7)8;/h11-15H,1-10H3;/q-1;+1. The van der Waals surface area contributed by atoms with E-state index in [0.717, 1.165) is 30.7 Å². The summed E-state index contributed by atoms with van der Waals surface area (Å²) < 4.78 is 0. The predicted molar refractivity (Wildman–Crippen MR) is 90.8 cm³/mol. The predicted octanol–water partition coefficient (Wildman–Crippen LogP) is 2.22. The maximum absolute atomic E-state index is 2.70. The van der Waals surface area contributed by atoms with Crippen molar-refractivity contribution < 1.29 is 29.6 Å². The van der Waals surface area contributed by atoms with E-state index in [1.165, 1.54) is 0 Å². The molecule has 0 aromatic rings. The molecule has 0 rings (SSSR count). The first-order valence-electron chi connectivity index (χ1n) is 7.35. The van der Waals surface area contributed by atoms with Crippen LogP contribution in [0.2, 0.25) is 35.3 Å². The van der Waals surface area contributed by atoms with E-state index in [1.807, 2.05) is 0 Å². The van der Waals surface area contributed by atoms with Gasteiger partial charge in [-0.3, -0.25) is 8.55 Å². The Morgan fingerprint density at radius 3 is 0.833 bits per heavy atom. The van der Waals surface area contributed by atoms with Crippen molar-refractivity contribution in [3.8, 4) is 0 Å². The van der Waals surface area contributed by atoms with Crippen LogP contribution < -0.4 is 29.6 Å². The molecule has 0 nitrogen and oxygen atoms in total. The Bertz CT molecular complexity index is 197. The molecular formula is C14H35NaSi3. The quantitative estimate of drug-likeness (QED) is 0.660. The van der Waals surface area contributed by atoms with E-state index in [-0.39, 0.29) is 29.6 Å². The van der Waals surface area contributed by atoms with E-state index in [0.29, 0.717) is 0 Å². The molecule has 0 saturated heterocycles. The Kier molecular flexibility index (Phi) is 9.97. The van der Waals surface area contributed by atoms with Gasteiger partial charge in [-0.25, -0.2) is 0 Å². The molecule has 0 atom stereocenters. The molecular weight excluding hydrogens is 275 g/mol. The van der Waals surface area contributed by atoms with Crippen LogP contribution in [-0.4, -0.2) is 23.7 Å². The molecule has 0 radical (unpaired) electrons. The van der Waals surface area contributed by atoms with E-state index < -0.39 is 15.2 Å². The van der Waals surface area contributed by atoms with Crippen LogP contribution in [0.5, 0.6) is 0 Å². The molecule has 0 aromatic carbocycles. The molecule has 0 spiro atoms. The molecule has 0 aliphatic heterocycles. The molecule has 0 heterocycles. The van der Waals surface area contributed by atoms with Gasteiger partial charge in [0.2, 0.25) is 0 Å². The van der Waals surface area contributed by atoms with Crippen molar-refractivity contribution in [2.24, 2.45) is 0 Å². The van der Waals surface area contributed by atoms with Crippen LogP contribution in [0.25, 0.3) is 0 Å². The van der Waals surface area contributed by atoms with Crippen LogP contribution in [0.3, 0.4) is 0 Å². The van der Waals surface area contributed by atoms with Crippen molar-refractivity contribution >= 4 is 23.7 Å². The first-order chi connectivity index (χ1) is 7.48. The average molecular weight is 311 g/mol. The van der Waals surface area contributed by atoms with Gasteiger partial charge in [0.15, 0.2) is 0 Å². The molecule has 0 aliphatic carbocycles. The Balaban J connectivity index is 0. The Labute approximate surface area is 143 Å². The Morgan fingerprint density at radius 1 is 0.556 bits per heavy atom. The summed E-state index contributed by atoms with van der Waals surface area (Å²) in [5.41, 5.74) is 3.84. The van der Waals surface area contributed by atoms with Gasteiger partial charge in [0.25, 0.3) is 0 Å². The van der Waals surface area contributed by atoms with Crippen molar-refractivity contribution in [1.29, 1.82) is 0 Å². The van der Waals surface area contributed by atoms with Gasteiger partial charge in [0, 0.05) is 0 Å². The fourth-order valence-electron chi connectivity index (χ4n) is 2.67. The minimum atomic E-state index is -1.02. The van der Waals surface area contributed by atoms with Gasteiger partial charge < -0.3 is 0 Å². The molecule has 0 aromatic heterocycles. The molecule has 0 fully saturated rings. The van der Waals surface area contributed by atoms with Gasteiger partial charge >= 0.3 is 29.6 Å². The normalized spacial score (nSPS) is 13.7. The topological polar surface area (TPSA) is 0 Å². The summed E-state index contributed by atoms with van der Waals surface area (Å²) in [6, 6.07) is 0. The van der Waals surface area contributed by atoms with Crippen molar-refractivity contribution in [3.63, 3.8) is 0 Å². The van der Waals surface area contributed by atoms with Crippen LogP contribution in [0.15, 0.2) is 0 Å². The Hall–Kier alpha value is 1.65. The minimum Gasteiger partial charge on any atom is -0.270 e. The summed E-state index contributed by atoms with van der Waals surface area (Å²) in [4.78, 5) is 0. The monoisotopic (exact) mass is 310 g/mol. The molecule has 0 saturated carbocycles. The third-order valence-electron chi connectivity index (χ3n) is 5.60. The summed E-state index contributed by atoms with van der Waals surface area (Å²) in [5.74, 6) is 0. The van der Waals surface area contributed by atoms with Gasteiger partial charge in [-0.1, -0.05) is 106 Å². The zero-order chi connectivity index (χ0) is 14.0. The summed E-state index contributed by atoms with van der Waals surface area (Å²) in [7, 11) is -1.31.